The van der Waals surface area contributed by atoms with Gasteiger partial charge in [0.1, 0.15) is 0 Å². The van der Waals surface area contributed by atoms with Crippen LogP contribution in [0.1, 0.15) is 23.6 Å². The second-order valence-electron chi connectivity index (χ2n) is 5.82. The van der Waals surface area contributed by atoms with Crippen molar-refractivity contribution in [2.75, 3.05) is 12.4 Å². The van der Waals surface area contributed by atoms with Crippen molar-refractivity contribution < 1.29 is 4.79 Å². The number of anilines is 1. The van der Waals surface area contributed by atoms with Crippen LogP contribution in [0.25, 0.3) is 0 Å². The van der Waals surface area contributed by atoms with Crippen LogP contribution in [0.15, 0.2) is 48.5 Å². The Morgan fingerprint density at radius 3 is 2.27 bits per heavy atom. The number of carbonyl (C=O) groups excluding carboxylic acids is 1. The van der Waals surface area contributed by atoms with Crippen LogP contribution in [0, 0.1) is 13.8 Å². The van der Waals surface area contributed by atoms with Crippen LogP contribution in [0.3, 0.4) is 0 Å². The molecule has 0 saturated heterocycles. The Labute approximate surface area is 133 Å². The number of hydrogen-bond acceptors (Lipinski definition) is 2. The fraction of sp³-hybridized carbons (Fsp3) is 0.316. The van der Waals surface area contributed by atoms with E-state index >= 15 is 0 Å². The highest BCUT2D eigenvalue weighted by atomic mass is 16.2. The van der Waals surface area contributed by atoms with Crippen LogP contribution in [0.4, 0.5) is 5.69 Å². The Morgan fingerprint density at radius 1 is 1.05 bits per heavy atom. The van der Waals surface area contributed by atoms with Gasteiger partial charge in [0.2, 0.25) is 5.91 Å². The topological polar surface area (TPSA) is 32.3 Å². The van der Waals surface area contributed by atoms with Gasteiger partial charge in [0.15, 0.2) is 0 Å². The second kappa shape index (κ2) is 7.23. The van der Waals surface area contributed by atoms with Crippen LogP contribution in [-0.4, -0.2) is 23.9 Å². The molecule has 0 radical (unpaired) electrons. The largest absolute Gasteiger partial charge is 0.324 e. The smallest absolute Gasteiger partial charge is 0.241 e. The fourth-order valence-electron chi connectivity index (χ4n) is 2.34. The van der Waals surface area contributed by atoms with Crippen LogP contribution < -0.4 is 5.32 Å². The summed E-state index contributed by atoms with van der Waals surface area (Å²) in [5.41, 5.74) is 4.45. The first-order valence-electron chi connectivity index (χ1n) is 7.60. The zero-order valence-corrected chi connectivity index (χ0v) is 13.8. The molecule has 2 aromatic rings. The van der Waals surface area contributed by atoms with Crippen molar-refractivity contribution >= 4 is 11.6 Å². The molecule has 0 fully saturated rings. The molecule has 116 valence electrons. The number of para-hydroxylation sites is 1. The molecule has 0 aliphatic carbocycles. The van der Waals surface area contributed by atoms with E-state index < -0.39 is 0 Å². The van der Waals surface area contributed by atoms with E-state index in [2.05, 4.69) is 29.3 Å². The van der Waals surface area contributed by atoms with E-state index in [0.717, 1.165) is 17.8 Å². The minimum absolute atomic E-state index is 0.0189. The summed E-state index contributed by atoms with van der Waals surface area (Å²) in [6, 6.07) is 15.9. The van der Waals surface area contributed by atoms with Gasteiger partial charge in [0.25, 0.3) is 0 Å². The lowest BCUT2D eigenvalue weighted by Gasteiger charge is -2.25. The summed E-state index contributed by atoms with van der Waals surface area (Å²) in [6.07, 6.45) is 0. The van der Waals surface area contributed by atoms with Crippen molar-refractivity contribution in [1.82, 2.24) is 4.90 Å². The highest BCUT2D eigenvalue weighted by Crippen LogP contribution is 2.15. The molecule has 0 aliphatic heterocycles. The van der Waals surface area contributed by atoms with Gasteiger partial charge >= 0.3 is 0 Å². The molecular formula is C19H24N2O. The molecule has 1 N–H and O–H groups in total. The van der Waals surface area contributed by atoms with Gasteiger partial charge in [-0.1, -0.05) is 42.5 Å². The second-order valence-corrected chi connectivity index (χ2v) is 5.82. The Morgan fingerprint density at radius 2 is 1.64 bits per heavy atom. The van der Waals surface area contributed by atoms with Crippen molar-refractivity contribution in [3.63, 3.8) is 0 Å². The third-order valence-corrected chi connectivity index (χ3v) is 4.12. The lowest BCUT2D eigenvalue weighted by molar-refractivity contribution is -0.120. The molecule has 1 atom stereocenters. The monoisotopic (exact) mass is 296 g/mol. The van der Waals surface area contributed by atoms with E-state index in [4.69, 9.17) is 0 Å². The molecule has 3 heteroatoms. The third kappa shape index (κ3) is 3.95. The number of rotatable bonds is 5. The van der Waals surface area contributed by atoms with Gasteiger partial charge in [-0.05, 0) is 50.6 Å². The quantitative estimate of drug-likeness (QED) is 0.911. The van der Waals surface area contributed by atoms with E-state index in [-0.39, 0.29) is 11.9 Å². The SMILES string of the molecule is Cc1ccccc1CN(C)C(C)C(=O)Nc1ccccc1C. The maximum Gasteiger partial charge on any atom is 0.241 e. The third-order valence-electron chi connectivity index (χ3n) is 4.12. The average molecular weight is 296 g/mol. The zero-order valence-electron chi connectivity index (χ0n) is 13.8. The normalized spacial score (nSPS) is 12.2. The Kier molecular flexibility index (Phi) is 5.34. The lowest BCUT2D eigenvalue weighted by Crippen LogP contribution is -2.39. The minimum atomic E-state index is -0.195. The van der Waals surface area contributed by atoms with E-state index in [1.165, 1.54) is 11.1 Å². The summed E-state index contributed by atoms with van der Waals surface area (Å²) in [4.78, 5) is 14.5. The highest BCUT2D eigenvalue weighted by Gasteiger charge is 2.19. The number of nitrogens with zero attached hydrogens (tertiary/aromatic N) is 1. The molecule has 1 unspecified atom stereocenters. The zero-order chi connectivity index (χ0) is 16.1. The lowest BCUT2D eigenvalue weighted by atomic mass is 10.1. The molecule has 0 aliphatic rings. The van der Waals surface area contributed by atoms with Gasteiger partial charge in [0, 0.05) is 12.2 Å². The van der Waals surface area contributed by atoms with Gasteiger partial charge in [-0.15, -0.1) is 0 Å². The summed E-state index contributed by atoms with van der Waals surface area (Å²) in [7, 11) is 1.98. The van der Waals surface area contributed by atoms with E-state index in [0.29, 0.717) is 0 Å². The predicted molar refractivity (Wildman–Crippen MR) is 91.9 cm³/mol. The van der Waals surface area contributed by atoms with Gasteiger partial charge < -0.3 is 5.32 Å². The van der Waals surface area contributed by atoms with Crippen molar-refractivity contribution in [3.05, 3.63) is 65.2 Å². The molecule has 3 nitrogen and oxygen atoms in total. The molecule has 0 aromatic heterocycles. The molecular weight excluding hydrogens is 272 g/mol. The number of nitrogens with one attached hydrogen (secondary N) is 1. The minimum Gasteiger partial charge on any atom is -0.324 e. The van der Waals surface area contributed by atoms with Crippen LogP contribution >= 0.6 is 0 Å². The summed E-state index contributed by atoms with van der Waals surface area (Å²) in [6.45, 7) is 6.79. The maximum absolute atomic E-state index is 12.4. The number of carbonyl (C=O) groups is 1. The van der Waals surface area contributed by atoms with Gasteiger partial charge in [-0.25, -0.2) is 0 Å². The number of benzene rings is 2. The highest BCUT2D eigenvalue weighted by molar-refractivity contribution is 5.95. The molecule has 0 bridgehead atoms. The summed E-state index contributed by atoms with van der Waals surface area (Å²) in [5, 5.41) is 3.01. The number of aryl methyl sites for hydroxylation is 2. The molecule has 2 rings (SSSR count). The number of amides is 1. The van der Waals surface area contributed by atoms with E-state index in [1.807, 2.05) is 57.3 Å². The van der Waals surface area contributed by atoms with Crippen molar-refractivity contribution in [2.24, 2.45) is 0 Å². The molecule has 22 heavy (non-hydrogen) atoms. The maximum atomic E-state index is 12.4. The first kappa shape index (κ1) is 16.2. The standard InChI is InChI=1S/C19H24N2O/c1-14-9-5-7-11-17(14)13-21(4)16(3)19(22)20-18-12-8-6-10-15(18)2/h5-12,16H,13H2,1-4H3,(H,20,22). The van der Waals surface area contributed by atoms with Crippen LogP contribution in [0.5, 0.6) is 0 Å². The van der Waals surface area contributed by atoms with E-state index in [1.54, 1.807) is 0 Å². The molecule has 0 heterocycles. The summed E-state index contributed by atoms with van der Waals surface area (Å²) < 4.78 is 0. The molecule has 0 saturated carbocycles. The Bertz CT molecular complexity index is 651. The van der Waals surface area contributed by atoms with Gasteiger partial charge in [0.05, 0.1) is 6.04 Å². The van der Waals surface area contributed by atoms with E-state index in [9.17, 15) is 4.79 Å². The van der Waals surface area contributed by atoms with Gasteiger partial charge in [-0.2, -0.15) is 0 Å². The van der Waals surface area contributed by atoms with Gasteiger partial charge in [-0.3, -0.25) is 9.69 Å². The molecule has 1 amide bonds. The fourth-order valence-corrected chi connectivity index (χ4v) is 2.34. The Hall–Kier alpha value is -2.13. The van der Waals surface area contributed by atoms with Crippen LogP contribution in [0.2, 0.25) is 0 Å². The van der Waals surface area contributed by atoms with Crippen molar-refractivity contribution in [1.29, 1.82) is 0 Å². The molecule has 2 aromatic carbocycles. The first-order chi connectivity index (χ1) is 10.5. The number of hydrogen-bond donors (Lipinski definition) is 1. The number of likely N-dealkylation sites (N-methyl/N-ethyl adjacent to an activating group) is 1. The molecule has 0 spiro atoms. The van der Waals surface area contributed by atoms with Crippen molar-refractivity contribution in [3.8, 4) is 0 Å². The predicted octanol–water partition coefficient (Wildman–Crippen LogP) is 3.76. The summed E-state index contributed by atoms with van der Waals surface area (Å²) in [5.74, 6) is 0.0189. The average Bonchev–Trinajstić information content (AvgIpc) is 2.51. The van der Waals surface area contributed by atoms with Crippen molar-refractivity contribution in [2.45, 2.75) is 33.4 Å². The summed E-state index contributed by atoms with van der Waals surface area (Å²) >= 11 is 0. The Balaban J connectivity index is 2.01. The van der Waals surface area contributed by atoms with Crippen LogP contribution in [-0.2, 0) is 11.3 Å². The first-order valence-corrected chi connectivity index (χ1v) is 7.60.